The minimum Gasteiger partial charge on any atom is -0.497 e. The molecular formula is C23H28N2O5. The largest absolute Gasteiger partial charge is 0.497 e. The SMILES string of the molecule is COc1ccc(C(=O)N2CCC(C(=O)NCc3ccc(OC)c(OC)c3)CC2)cc1. The van der Waals surface area contributed by atoms with Crippen molar-refractivity contribution in [3.05, 3.63) is 53.6 Å². The van der Waals surface area contributed by atoms with Gasteiger partial charge in [-0.2, -0.15) is 0 Å². The lowest BCUT2D eigenvalue weighted by atomic mass is 9.95. The van der Waals surface area contributed by atoms with Gasteiger partial charge in [-0.25, -0.2) is 0 Å². The molecule has 1 fully saturated rings. The number of piperidine rings is 1. The quantitative estimate of drug-likeness (QED) is 0.757. The minimum atomic E-state index is -0.0925. The zero-order valence-corrected chi connectivity index (χ0v) is 17.6. The van der Waals surface area contributed by atoms with Crippen LogP contribution in [0.4, 0.5) is 0 Å². The average Bonchev–Trinajstić information content (AvgIpc) is 2.82. The first-order chi connectivity index (χ1) is 14.5. The topological polar surface area (TPSA) is 77.1 Å². The predicted octanol–water partition coefficient (Wildman–Crippen LogP) is 2.88. The highest BCUT2D eigenvalue weighted by Gasteiger charge is 2.27. The van der Waals surface area contributed by atoms with Crippen molar-refractivity contribution >= 4 is 11.8 Å². The van der Waals surface area contributed by atoms with Crippen molar-refractivity contribution in [2.45, 2.75) is 19.4 Å². The van der Waals surface area contributed by atoms with E-state index >= 15 is 0 Å². The first-order valence-electron chi connectivity index (χ1n) is 9.97. The van der Waals surface area contributed by atoms with E-state index in [0.717, 1.165) is 11.3 Å². The summed E-state index contributed by atoms with van der Waals surface area (Å²) in [5.74, 6) is 1.92. The standard InChI is InChI=1S/C23H28N2O5/c1-28-19-7-5-18(6-8-19)23(27)25-12-10-17(11-13-25)22(26)24-15-16-4-9-20(29-2)21(14-16)30-3/h4-9,14,17H,10-13,15H2,1-3H3,(H,24,26). The Morgan fingerprint density at radius 3 is 2.20 bits per heavy atom. The van der Waals surface area contributed by atoms with Crippen LogP contribution < -0.4 is 19.5 Å². The van der Waals surface area contributed by atoms with Gasteiger partial charge in [0, 0.05) is 31.1 Å². The molecule has 0 radical (unpaired) electrons. The molecule has 30 heavy (non-hydrogen) atoms. The summed E-state index contributed by atoms with van der Waals surface area (Å²) in [6, 6.07) is 12.7. The maximum atomic E-state index is 12.7. The molecule has 2 amide bonds. The molecule has 7 nitrogen and oxygen atoms in total. The molecule has 1 saturated heterocycles. The molecule has 1 N–H and O–H groups in total. The fourth-order valence-corrected chi connectivity index (χ4v) is 3.59. The van der Waals surface area contributed by atoms with Crippen LogP contribution >= 0.6 is 0 Å². The van der Waals surface area contributed by atoms with Gasteiger partial charge in [0.2, 0.25) is 5.91 Å². The number of nitrogens with one attached hydrogen (secondary N) is 1. The molecule has 0 aliphatic carbocycles. The molecule has 0 saturated carbocycles. The summed E-state index contributed by atoms with van der Waals surface area (Å²) in [4.78, 5) is 27.0. The molecule has 3 rings (SSSR count). The second-order valence-electron chi connectivity index (χ2n) is 7.20. The zero-order chi connectivity index (χ0) is 21.5. The molecule has 7 heteroatoms. The number of amides is 2. The Labute approximate surface area is 176 Å². The number of ether oxygens (including phenoxy) is 3. The second kappa shape index (κ2) is 10.0. The van der Waals surface area contributed by atoms with Gasteiger partial charge in [-0.05, 0) is 54.8 Å². The van der Waals surface area contributed by atoms with E-state index in [4.69, 9.17) is 14.2 Å². The Kier molecular flexibility index (Phi) is 7.17. The highest BCUT2D eigenvalue weighted by molar-refractivity contribution is 5.94. The lowest BCUT2D eigenvalue weighted by Crippen LogP contribution is -2.42. The van der Waals surface area contributed by atoms with Crippen LogP contribution in [0, 0.1) is 5.92 Å². The van der Waals surface area contributed by atoms with E-state index in [1.54, 1.807) is 50.5 Å². The van der Waals surface area contributed by atoms with Gasteiger partial charge < -0.3 is 24.4 Å². The third-order valence-corrected chi connectivity index (χ3v) is 5.40. The van der Waals surface area contributed by atoms with Crippen molar-refractivity contribution in [2.24, 2.45) is 5.92 Å². The lowest BCUT2D eigenvalue weighted by molar-refractivity contribution is -0.126. The van der Waals surface area contributed by atoms with Crippen LogP contribution in [-0.4, -0.2) is 51.1 Å². The molecule has 160 valence electrons. The molecule has 0 unspecified atom stereocenters. The van der Waals surface area contributed by atoms with E-state index in [2.05, 4.69) is 5.32 Å². The predicted molar refractivity (Wildman–Crippen MR) is 113 cm³/mol. The third-order valence-electron chi connectivity index (χ3n) is 5.40. The van der Waals surface area contributed by atoms with Crippen molar-refractivity contribution in [3.8, 4) is 17.2 Å². The van der Waals surface area contributed by atoms with Crippen molar-refractivity contribution in [2.75, 3.05) is 34.4 Å². The van der Waals surface area contributed by atoms with Crippen molar-refractivity contribution in [3.63, 3.8) is 0 Å². The maximum absolute atomic E-state index is 12.7. The number of carbonyl (C=O) groups excluding carboxylic acids is 2. The summed E-state index contributed by atoms with van der Waals surface area (Å²) in [7, 11) is 4.77. The fraction of sp³-hybridized carbons (Fsp3) is 0.391. The third kappa shape index (κ3) is 5.03. The summed E-state index contributed by atoms with van der Waals surface area (Å²) < 4.78 is 15.7. The Balaban J connectivity index is 1.49. The van der Waals surface area contributed by atoms with Gasteiger partial charge in [-0.3, -0.25) is 9.59 Å². The zero-order valence-electron chi connectivity index (χ0n) is 17.6. The normalized spacial score (nSPS) is 14.2. The van der Waals surface area contributed by atoms with E-state index < -0.39 is 0 Å². The summed E-state index contributed by atoms with van der Waals surface area (Å²) in [6.45, 7) is 1.56. The van der Waals surface area contributed by atoms with Gasteiger partial charge in [0.1, 0.15) is 5.75 Å². The van der Waals surface area contributed by atoms with Crippen molar-refractivity contribution < 1.29 is 23.8 Å². The molecule has 0 spiro atoms. The van der Waals surface area contributed by atoms with E-state index in [1.807, 2.05) is 18.2 Å². The monoisotopic (exact) mass is 412 g/mol. The van der Waals surface area contributed by atoms with Gasteiger partial charge >= 0.3 is 0 Å². The van der Waals surface area contributed by atoms with Crippen LogP contribution in [-0.2, 0) is 11.3 Å². The van der Waals surface area contributed by atoms with Crippen molar-refractivity contribution in [1.29, 1.82) is 0 Å². The number of carbonyl (C=O) groups is 2. The molecule has 0 atom stereocenters. The molecule has 2 aromatic carbocycles. The minimum absolute atomic E-state index is 0.0122. The van der Waals surface area contributed by atoms with Crippen LogP contribution in [0.25, 0.3) is 0 Å². The fourth-order valence-electron chi connectivity index (χ4n) is 3.59. The van der Waals surface area contributed by atoms with Crippen LogP contribution in [0.1, 0.15) is 28.8 Å². The number of hydrogen-bond donors (Lipinski definition) is 1. The van der Waals surface area contributed by atoms with Crippen LogP contribution in [0.5, 0.6) is 17.2 Å². The highest BCUT2D eigenvalue weighted by atomic mass is 16.5. The molecule has 0 bridgehead atoms. The first-order valence-corrected chi connectivity index (χ1v) is 9.97. The van der Waals surface area contributed by atoms with E-state index in [0.29, 0.717) is 49.5 Å². The van der Waals surface area contributed by atoms with E-state index in [9.17, 15) is 9.59 Å². The number of methoxy groups -OCH3 is 3. The smallest absolute Gasteiger partial charge is 0.253 e. The van der Waals surface area contributed by atoms with Crippen molar-refractivity contribution in [1.82, 2.24) is 10.2 Å². The number of likely N-dealkylation sites (tertiary alicyclic amines) is 1. The van der Waals surface area contributed by atoms with Gasteiger partial charge in [0.25, 0.3) is 5.91 Å². The van der Waals surface area contributed by atoms with Crippen LogP contribution in [0.15, 0.2) is 42.5 Å². The summed E-state index contributed by atoms with van der Waals surface area (Å²) >= 11 is 0. The first kappa shape index (κ1) is 21.5. The van der Waals surface area contributed by atoms with Crippen LogP contribution in [0.2, 0.25) is 0 Å². The number of rotatable bonds is 7. The van der Waals surface area contributed by atoms with Gasteiger partial charge in [0.15, 0.2) is 11.5 Å². The molecule has 0 aromatic heterocycles. The number of nitrogens with zero attached hydrogens (tertiary/aromatic N) is 1. The molecular weight excluding hydrogens is 384 g/mol. The molecule has 2 aromatic rings. The Morgan fingerprint density at radius 2 is 1.60 bits per heavy atom. The van der Waals surface area contributed by atoms with Gasteiger partial charge in [0.05, 0.1) is 21.3 Å². The molecule has 1 heterocycles. The van der Waals surface area contributed by atoms with Gasteiger partial charge in [-0.15, -0.1) is 0 Å². The Hall–Kier alpha value is -3.22. The highest BCUT2D eigenvalue weighted by Crippen LogP contribution is 2.27. The maximum Gasteiger partial charge on any atom is 0.253 e. The molecule has 1 aliphatic heterocycles. The van der Waals surface area contributed by atoms with Crippen LogP contribution in [0.3, 0.4) is 0 Å². The Bertz CT molecular complexity index is 874. The average molecular weight is 412 g/mol. The summed E-state index contributed by atoms with van der Waals surface area (Å²) in [5, 5.41) is 2.99. The van der Waals surface area contributed by atoms with E-state index in [-0.39, 0.29) is 17.7 Å². The second-order valence-corrected chi connectivity index (χ2v) is 7.20. The number of benzene rings is 2. The summed E-state index contributed by atoms with van der Waals surface area (Å²) in [5.41, 5.74) is 1.57. The lowest BCUT2D eigenvalue weighted by Gasteiger charge is -2.31. The molecule has 1 aliphatic rings. The van der Waals surface area contributed by atoms with Gasteiger partial charge in [-0.1, -0.05) is 6.07 Å². The Morgan fingerprint density at radius 1 is 0.933 bits per heavy atom. The number of hydrogen-bond acceptors (Lipinski definition) is 5. The van der Waals surface area contributed by atoms with E-state index in [1.165, 1.54) is 0 Å². The summed E-state index contributed by atoms with van der Waals surface area (Å²) in [6.07, 6.45) is 1.30.